The smallest absolute Gasteiger partial charge is 0.376 e. The van der Waals surface area contributed by atoms with Gasteiger partial charge in [-0.25, -0.2) is 8.42 Å². The van der Waals surface area contributed by atoms with E-state index in [9.17, 15) is 30.0 Å². The number of nitrogens with zero attached hydrogens (tertiary/aromatic N) is 2. The van der Waals surface area contributed by atoms with Gasteiger partial charge in [-0.1, -0.05) is 23.7 Å². The lowest BCUT2D eigenvalue weighted by Crippen LogP contribution is -2.28. The molecule has 0 radical (unpaired) electrons. The Morgan fingerprint density at radius 2 is 1.50 bits per heavy atom. The zero-order chi connectivity index (χ0) is 22.6. The fraction of sp³-hybridized carbons (Fsp3) is 0.125. The van der Waals surface area contributed by atoms with Gasteiger partial charge in [-0.3, -0.25) is 5.43 Å². The average molecular weight is 484 g/mol. The Morgan fingerprint density at radius 3 is 1.97 bits per heavy atom. The number of benzene rings is 2. The lowest BCUT2D eigenvalue weighted by Gasteiger charge is -2.11. The van der Waals surface area contributed by atoms with Gasteiger partial charge in [0.1, 0.15) is 12.1 Å². The maximum atomic E-state index is 12.4. The summed E-state index contributed by atoms with van der Waals surface area (Å²) >= 11 is 5.85. The molecule has 2 rings (SSSR count). The average Bonchev–Trinajstić information content (AvgIpc) is 2.62. The number of rotatable bonds is 7. The molecular formula is C16H13ClF3N3O5S2. The number of nitrogens with one attached hydrogen (secondary N) is 1. The molecule has 14 heteroatoms. The molecule has 0 aliphatic rings. The Balaban J connectivity index is 2.36. The van der Waals surface area contributed by atoms with Crippen molar-refractivity contribution in [3.8, 4) is 5.75 Å². The molecule has 0 saturated heterocycles. The van der Waals surface area contributed by atoms with Gasteiger partial charge in [-0.05, 0) is 36.4 Å². The number of sulfonamides is 1. The Morgan fingerprint density at radius 1 is 1.00 bits per heavy atom. The quantitative estimate of drug-likeness (QED) is 0.213. The minimum atomic E-state index is -5.80. The van der Waals surface area contributed by atoms with Crippen LogP contribution in [0.3, 0.4) is 0 Å². The third-order valence-electron chi connectivity index (χ3n) is 3.21. The maximum absolute atomic E-state index is 12.4. The fourth-order valence-electron chi connectivity index (χ4n) is 1.96. The SMILES string of the molecule is CS(=O)(=O)/N=C/N/N=C(\c1ccc(Cl)cc1)c1ccc(OS(=O)(=O)C(F)(F)F)cc1. The van der Waals surface area contributed by atoms with E-state index in [-0.39, 0.29) is 5.71 Å². The zero-order valence-electron chi connectivity index (χ0n) is 15.0. The second-order valence-electron chi connectivity index (χ2n) is 5.57. The van der Waals surface area contributed by atoms with Crippen molar-refractivity contribution >= 4 is 43.8 Å². The van der Waals surface area contributed by atoms with Gasteiger partial charge in [0.25, 0.3) is 10.0 Å². The van der Waals surface area contributed by atoms with Crippen molar-refractivity contribution in [2.24, 2.45) is 9.50 Å². The molecule has 0 aromatic heterocycles. The van der Waals surface area contributed by atoms with E-state index in [1.165, 1.54) is 12.1 Å². The highest BCUT2D eigenvalue weighted by Gasteiger charge is 2.48. The third-order valence-corrected chi connectivity index (χ3v) is 4.93. The summed E-state index contributed by atoms with van der Waals surface area (Å²) in [6, 6.07) is 10.9. The summed E-state index contributed by atoms with van der Waals surface area (Å²) in [6.45, 7) is 0. The molecule has 0 spiro atoms. The van der Waals surface area contributed by atoms with Gasteiger partial charge in [0.2, 0.25) is 0 Å². The first-order valence-corrected chi connectivity index (χ1v) is 11.4. The molecule has 0 amide bonds. The maximum Gasteiger partial charge on any atom is 0.534 e. The van der Waals surface area contributed by atoms with E-state index in [0.717, 1.165) is 24.7 Å². The molecule has 1 N–H and O–H groups in total. The van der Waals surface area contributed by atoms with Crippen LogP contribution >= 0.6 is 11.6 Å². The molecule has 0 fully saturated rings. The molecule has 0 saturated carbocycles. The van der Waals surface area contributed by atoms with Crippen molar-refractivity contribution < 1.29 is 34.2 Å². The number of alkyl halides is 3. The number of hydrazone groups is 1. The molecule has 162 valence electrons. The fourth-order valence-corrected chi connectivity index (χ4v) is 2.78. The third kappa shape index (κ3) is 6.71. The molecule has 2 aromatic rings. The van der Waals surface area contributed by atoms with Gasteiger partial charge in [-0.2, -0.15) is 31.1 Å². The van der Waals surface area contributed by atoms with Crippen LogP contribution in [-0.4, -0.2) is 40.6 Å². The van der Waals surface area contributed by atoms with E-state index in [4.69, 9.17) is 11.6 Å². The van der Waals surface area contributed by atoms with Crippen molar-refractivity contribution in [2.45, 2.75) is 5.51 Å². The second-order valence-corrected chi connectivity index (χ2v) is 9.22. The minimum absolute atomic E-state index is 0.233. The molecule has 0 unspecified atom stereocenters. The monoisotopic (exact) mass is 483 g/mol. The molecule has 0 heterocycles. The minimum Gasteiger partial charge on any atom is -0.376 e. The summed E-state index contributed by atoms with van der Waals surface area (Å²) in [4.78, 5) is 0. The Bertz CT molecular complexity index is 1160. The molecule has 0 atom stereocenters. The zero-order valence-corrected chi connectivity index (χ0v) is 17.3. The predicted octanol–water partition coefficient (Wildman–Crippen LogP) is 2.90. The van der Waals surface area contributed by atoms with Crippen LogP contribution in [0.15, 0.2) is 58.0 Å². The van der Waals surface area contributed by atoms with Crippen LogP contribution in [-0.2, 0) is 20.1 Å². The lowest BCUT2D eigenvalue weighted by atomic mass is 10.0. The number of halogens is 4. The summed E-state index contributed by atoms with van der Waals surface area (Å²) in [7, 11) is -9.44. The van der Waals surface area contributed by atoms with E-state index in [2.05, 4.69) is 19.1 Å². The van der Waals surface area contributed by atoms with E-state index < -0.39 is 31.4 Å². The van der Waals surface area contributed by atoms with Crippen LogP contribution in [0.1, 0.15) is 11.1 Å². The van der Waals surface area contributed by atoms with Crippen molar-refractivity contribution in [3.05, 3.63) is 64.7 Å². The van der Waals surface area contributed by atoms with Gasteiger partial charge in [0.15, 0.2) is 0 Å². The van der Waals surface area contributed by atoms with Crippen LogP contribution < -0.4 is 9.61 Å². The lowest BCUT2D eigenvalue weighted by molar-refractivity contribution is -0.0500. The molecular weight excluding hydrogens is 471 g/mol. The molecule has 30 heavy (non-hydrogen) atoms. The molecule has 0 aliphatic carbocycles. The van der Waals surface area contributed by atoms with Crippen LogP contribution in [0.4, 0.5) is 13.2 Å². The van der Waals surface area contributed by atoms with E-state index in [0.29, 0.717) is 16.1 Å². The van der Waals surface area contributed by atoms with E-state index in [1.54, 1.807) is 24.3 Å². The van der Waals surface area contributed by atoms with Gasteiger partial charge in [-0.15, -0.1) is 0 Å². The first-order chi connectivity index (χ1) is 13.8. The Labute approximate surface area is 175 Å². The van der Waals surface area contributed by atoms with Crippen LogP contribution in [0, 0.1) is 0 Å². The summed E-state index contributed by atoms with van der Waals surface area (Å²) in [5.74, 6) is -0.557. The predicted molar refractivity (Wildman–Crippen MR) is 106 cm³/mol. The van der Waals surface area contributed by atoms with E-state index in [1.807, 2.05) is 0 Å². The van der Waals surface area contributed by atoms with Gasteiger partial charge in [0, 0.05) is 16.1 Å². The summed E-state index contributed by atoms with van der Waals surface area (Å²) in [5, 5.41) is 4.45. The van der Waals surface area contributed by atoms with Crippen LogP contribution in [0.5, 0.6) is 5.75 Å². The topological polar surface area (TPSA) is 114 Å². The van der Waals surface area contributed by atoms with Gasteiger partial charge < -0.3 is 4.18 Å². The largest absolute Gasteiger partial charge is 0.534 e. The summed E-state index contributed by atoms with van der Waals surface area (Å²) < 4.78 is 88.8. The first kappa shape index (κ1) is 23.6. The number of hydrogen-bond acceptors (Lipinski definition) is 6. The first-order valence-electron chi connectivity index (χ1n) is 7.73. The van der Waals surface area contributed by atoms with Crippen molar-refractivity contribution in [2.75, 3.05) is 6.26 Å². The van der Waals surface area contributed by atoms with E-state index >= 15 is 0 Å². The van der Waals surface area contributed by atoms with Crippen molar-refractivity contribution in [1.82, 2.24) is 5.43 Å². The molecule has 0 aliphatic heterocycles. The molecule has 2 aromatic carbocycles. The second kappa shape index (κ2) is 9.02. The van der Waals surface area contributed by atoms with Crippen molar-refractivity contribution in [3.63, 3.8) is 0 Å². The van der Waals surface area contributed by atoms with Crippen LogP contribution in [0.2, 0.25) is 5.02 Å². The highest BCUT2D eigenvalue weighted by molar-refractivity contribution is 7.89. The van der Waals surface area contributed by atoms with Crippen LogP contribution in [0.25, 0.3) is 0 Å². The Kier molecular flexibility index (Phi) is 7.10. The molecule has 8 nitrogen and oxygen atoms in total. The number of hydrogen-bond donors (Lipinski definition) is 1. The Hall–Kier alpha value is -2.64. The van der Waals surface area contributed by atoms with Gasteiger partial charge >= 0.3 is 15.6 Å². The van der Waals surface area contributed by atoms with Gasteiger partial charge in [0.05, 0.1) is 12.0 Å². The highest BCUT2D eigenvalue weighted by atomic mass is 35.5. The normalized spacial score (nSPS) is 13.4. The van der Waals surface area contributed by atoms with Crippen molar-refractivity contribution in [1.29, 1.82) is 0 Å². The summed E-state index contributed by atoms with van der Waals surface area (Å²) in [6.07, 6.45) is 1.71. The molecule has 0 bridgehead atoms. The standard InChI is InChI=1S/C16H13ClF3N3O5S2/c1-29(24,25)22-10-21-23-15(11-2-6-13(17)7-3-11)12-4-8-14(9-5-12)28-30(26,27)16(18,19)20/h2-10H,1H3,(H,21,22)/b23-15+. The summed E-state index contributed by atoms with van der Waals surface area (Å²) in [5.41, 5.74) is -2.14. The highest BCUT2D eigenvalue weighted by Crippen LogP contribution is 2.27.